The maximum absolute atomic E-state index is 13.5. The molecule has 1 saturated heterocycles. The van der Waals surface area contributed by atoms with Gasteiger partial charge in [-0.1, -0.05) is 47.7 Å². The van der Waals surface area contributed by atoms with Crippen molar-refractivity contribution < 1.29 is 33.7 Å². The number of ketones is 1. The van der Waals surface area contributed by atoms with E-state index in [1.165, 1.54) is 19.1 Å². The number of hydrogen-bond donors (Lipinski definition) is 1. The molecule has 1 unspecified atom stereocenters. The molecule has 5 rings (SSSR count). The van der Waals surface area contributed by atoms with Crippen molar-refractivity contribution >= 4 is 39.9 Å². The molecule has 0 saturated carbocycles. The van der Waals surface area contributed by atoms with Gasteiger partial charge in [-0.3, -0.25) is 14.5 Å². The first-order chi connectivity index (χ1) is 20.2. The molecule has 1 atom stereocenters. The summed E-state index contributed by atoms with van der Waals surface area (Å²) in [5.74, 6) is -1.53. The van der Waals surface area contributed by atoms with Gasteiger partial charge in [0, 0.05) is 5.56 Å². The first-order valence-electron chi connectivity index (χ1n) is 13.0. The number of aryl methyl sites for hydroxylation is 2. The summed E-state index contributed by atoms with van der Waals surface area (Å²) in [5.41, 5.74) is 3.30. The number of aliphatic hydroxyl groups is 1. The number of hydrogen-bond acceptors (Lipinski definition) is 9. The average molecular weight is 585 g/mol. The fourth-order valence-corrected chi connectivity index (χ4v) is 5.71. The van der Waals surface area contributed by atoms with Crippen molar-refractivity contribution in [1.82, 2.24) is 4.98 Å². The van der Waals surface area contributed by atoms with E-state index in [4.69, 9.17) is 14.2 Å². The third-order valence-corrected chi connectivity index (χ3v) is 8.16. The van der Waals surface area contributed by atoms with Crippen molar-refractivity contribution in [2.45, 2.75) is 26.5 Å². The number of anilines is 1. The molecule has 214 valence electrons. The maximum Gasteiger partial charge on any atom is 0.350 e. The molecule has 4 aromatic rings. The fourth-order valence-electron chi connectivity index (χ4n) is 4.70. The number of aromatic nitrogens is 1. The summed E-state index contributed by atoms with van der Waals surface area (Å²) < 4.78 is 16.0. The molecule has 0 bridgehead atoms. The van der Waals surface area contributed by atoms with E-state index >= 15 is 0 Å². The minimum absolute atomic E-state index is 0.105. The molecule has 3 aromatic carbocycles. The van der Waals surface area contributed by atoms with Gasteiger partial charge in [-0.2, -0.15) is 0 Å². The van der Waals surface area contributed by atoms with Crippen LogP contribution in [0.15, 0.2) is 78.4 Å². The van der Waals surface area contributed by atoms with Gasteiger partial charge >= 0.3 is 11.9 Å². The van der Waals surface area contributed by atoms with Crippen molar-refractivity contribution in [2.24, 2.45) is 0 Å². The fraction of sp³-hybridized carbons (Fsp3) is 0.188. The van der Waals surface area contributed by atoms with Crippen molar-refractivity contribution in [2.75, 3.05) is 19.1 Å². The minimum atomic E-state index is -1.01. The van der Waals surface area contributed by atoms with Crippen LogP contribution < -0.4 is 14.4 Å². The predicted octanol–water partition coefficient (Wildman–Crippen LogP) is 5.76. The number of aliphatic hydroxyl groups excluding tert-OH is 1. The number of benzene rings is 3. The second-order valence-corrected chi connectivity index (χ2v) is 10.6. The number of rotatable bonds is 8. The average Bonchev–Trinajstić information content (AvgIpc) is 3.52. The Balaban J connectivity index is 1.54. The number of methoxy groups -OCH3 is 2. The monoisotopic (exact) mass is 584 g/mol. The first-order valence-corrected chi connectivity index (χ1v) is 13.8. The zero-order chi connectivity index (χ0) is 30.0. The molecule has 1 N–H and O–H groups in total. The maximum atomic E-state index is 13.5. The number of carbonyl (C=O) groups is 3. The Labute approximate surface area is 246 Å². The summed E-state index contributed by atoms with van der Waals surface area (Å²) in [6.45, 7) is 4.01. The molecule has 42 heavy (non-hydrogen) atoms. The van der Waals surface area contributed by atoms with Crippen LogP contribution in [-0.4, -0.2) is 42.0 Å². The number of esters is 1. The van der Waals surface area contributed by atoms with Gasteiger partial charge in [0.1, 0.15) is 28.7 Å². The van der Waals surface area contributed by atoms with E-state index in [1.54, 1.807) is 55.5 Å². The third-order valence-electron chi connectivity index (χ3n) is 7.02. The lowest BCUT2D eigenvalue weighted by molar-refractivity contribution is -0.132. The Hall–Kier alpha value is -4.96. The highest BCUT2D eigenvalue weighted by molar-refractivity contribution is 7.17. The Morgan fingerprint density at radius 2 is 1.62 bits per heavy atom. The van der Waals surface area contributed by atoms with Crippen LogP contribution in [0.5, 0.6) is 11.5 Å². The van der Waals surface area contributed by atoms with Gasteiger partial charge in [0.15, 0.2) is 5.13 Å². The number of ether oxygens (including phenoxy) is 3. The zero-order valence-corrected chi connectivity index (χ0v) is 24.2. The number of carbonyl (C=O) groups excluding carboxylic acids is 3. The lowest BCUT2D eigenvalue weighted by Gasteiger charge is -2.23. The Morgan fingerprint density at radius 3 is 2.26 bits per heavy atom. The summed E-state index contributed by atoms with van der Waals surface area (Å²) in [6, 6.07) is 20.4. The van der Waals surface area contributed by atoms with E-state index in [2.05, 4.69) is 4.98 Å². The second-order valence-electron chi connectivity index (χ2n) is 9.58. The van der Waals surface area contributed by atoms with E-state index in [0.717, 1.165) is 22.5 Å². The summed E-state index contributed by atoms with van der Waals surface area (Å²) >= 11 is 0.939. The molecule has 1 aliphatic heterocycles. The topological polar surface area (TPSA) is 115 Å². The molecule has 1 aromatic heterocycles. The number of nitrogens with zero attached hydrogens (tertiary/aromatic N) is 2. The smallest absolute Gasteiger partial charge is 0.350 e. The predicted molar refractivity (Wildman–Crippen MR) is 158 cm³/mol. The molecule has 10 heteroatoms. The second kappa shape index (κ2) is 11.9. The van der Waals surface area contributed by atoms with E-state index in [0.29, 0.717) is 34.9 Å². The quantitative estimate of drug-likeness (QED) is 0.120. The van der Waals surface area contributed by atoms with Gasteiger partial charge in [0.2, 0.25) is 0 Å². The van der Waals surface area contributed by atoms with Gasteiger partial charge in [-0.25, -0.2) is 9.78 Å². The van der Waals surface area contributed by atoms with Crippen LogP contribution in [0.3, 0.4) is 0 Å². The van der Waals surface area contributed by atoms with E-state index in [-0.39, 0.29) is 21.3 Å². The van der Waals surface area contributed by atoms with Gasteiger partial charge in [0.25, 0.3) is 5.78 Å². The highest BCUT2D eigenvalue weighted by atomic mass is 32.1. The highest BCUT2D eigenvalue weighted by Crippen LogP contribution is 2.44. The van der Waals surface area contributed by atoms with Crippen LogP contribution in [0.1, 0.15) is 43.7 Å². The Morgan fingerprint density at radius 1 is 0.952 bits per heavy atom. The largest absolute Gasteiger partial charge is 0.507 e. The summed E-state index contributed by atoms with van der Waals surface area (Å²) in [6.07, 6.45) is 0. The standard InChI is InChI=1S/C32H28N2O7S/c1-18-7-5-6-8-22(18)17-41-24-15-11-21(12-16-24)27(35)25-26(20-9-13-23(39-3)14-10-20)34(30(37)28(25)36)32-33-19(2)29(42-32)31(38)40-4/h5-16,26,35H,17H2,1-4H3/b27-25+. The van der Waals surface area contributed by atoms with Crippen molar-refractivity contribution in [3.05, 3.63) is 111 Å². The van der Waals surface area contributed by atoms with Crippen LogP contribution in [0.4, 0.5) is 5.13 Å². The molecule has 0 aliphatic carbocycles. The molecular formula is C32H28N2O7S. The summed E-state index contributed by atoms with van der Waals surface area (Å²) in [4.78, 5) is 45.0. The molecule has 0 radical (unpaired) electrons. The third kappa shape index (κ3) is 5.36. The van der Waals surface area contributed by atoms with Crippen molar-refractivity contribution in [1.29, 1.82) is 0 Å². The van der Waals surface area contributed by atoms with Gasteiger partial charge in [0.05, 0.1) is 31.5 Å². The molecule has 9 nitrogen and oxygen atoms in total. The molecule has 0 spiro atoms. The molecular weight excluding hydrogens is 556 g/mol. The van der Waals surface area contributed by atoms with Crippen LogP contribution >= 0.6 is 11.3 Å². The van der Waals surface area contributed by atoms with Gasteiger partial charge < -0.3 is 19.3 Å². The lowest BCUT2D eigenvalue weighted by Crippen LogP contribution is -2.29. The summed E-state index contributed by atoms with van der Waals surface area (Å²) in [7, 11) is 2.78. The molecule has 1 fully saturated rings. The van der Waals surface area contributed by atoms with Crippen LogP contribution in [-0.2, 0) is 20.9 Å². The van der Waals surface area contributed by atoms with E-state index < -0.39 is 23.7 Å². The van der Waals surface area contributed by atoms with Crippen LogP contribution in [0.2, 0.25) is 0 Å². The normalized spacial score (nSPS) is 16.0. The Kier molecular flexibility index (Phi) is 8.08. The van der Waals surface area contributed by atoms with Crippen LogP contribution in [0, 0.1) is 13.8 Å². The highest BCUT2D eigenvalue weighted by Gasteiger charge is 2.48. The minimum Gasteiger partial charge on any atom is -0.507 e. The SMILES string of the molecule is COC(=O)c1sc(N2C(=O)C(=O)/C(=C(/O)c3ccc(OCc4ccccc4C)cc3)C2c2ccc(OC)cc2)nc1C. The molecule has 2 heterocycles. The zero-order valence-electron chi connectivity index (χ0n) is 23.4. The lowest BCUT2D eigenvalue weighted by atomic mass is 9.95. The summed E-state index contributed by atoms with van der Waals surface area (Å²) in [5, 5.41) is 11.6. The number of thiazole rings is 1. The van der Waals surface area contributed by atoms with Crippen molar-refractivity contribution in [3.63, 3.8) is 0 Å². The van der Waals surface area contributed by atoms with Crippen molar-refractivity contribution in [3.8, 4) is 11.5 Å². The van der Waals surface area contributed by atoms with Gasteiger partial charge in [-0.15, -0.1) is 0 Å². The first kappa shape index (κ1) is 28.6. The molecule has 1 aliphatic rings. The number of Topliss-reactive ketones (excluding diaryl/α,β-unsaturated/α-hetero) is 1. The Bertz CT molecular complexity index is 1690. The van der Waals surface area contributed by atoms with Gasteiger partial charge in [-0.05, 0) is 66.9 Å². The number of amides is 1. The van der Waals surface area contributed by atoms with E-state index in [1.807, 2.05) is 31.2 Å². The molecule has 1 amide bonds. The van der Waals surface area contributed by atoms with Crippen LogP contribution in [0.25, 0.3) is 5.76 Å². The van der Waals surface area contributed by atoms with E-state index in [9.17, 15) is 19.5 Å².